The van der Waals surface area contributed by atoms with E-state index in [0.717, 1.165) is 25.7 Å². The molecular weight excluding hydrogens is 664 g/mol. The number of carbonyl (C=O) groups is 1. The monoisotopic (exact) mass is 728 g/mol. The SMILES string of the molecule is CCCCCCCCCCCCCCCCO[C@H]1[C@@H](OC[C@@H](O)[C@@H](O)[C@H](O)[C@@H](O)C=O)O[C@H](CO[C@H]2O[C@H](CO)[C@@H](O)[C@H](O)[C@H]2O)[C@@H](O)[C@@H]1O. The molecule has 2 aliphatic heterocycles. The van der Waals surface area contributed by atoms with Gasteiger partial charge in [0.15, 0.2) is 18.9 Å². The lowest BCUT2D eigenvalue weighted by Gasteiger charge is -2.44. The molecule has 2 fully saturated rings. The Morgan fingerprint density at radius 3 is 1.66 bits per heavy atom. The topological polar surface area (TPSA) is 266 Å². The first-order chi connectivity index (χ1) is 24.0. The van der Waals surface area contributed by atoms with E-state index in [1.165, 1.54) is 57.8 Å². The average molecular weight is 729 g/mol. The molecule has 2 aliphatic rings. The molecule has 2 saturated heterocycles. The van der Waals surface area contributed by atoms with Gasteiger partial charge in [-0.1, -0.05) is 90.4 Å². The van der Waals surface area contributed by atoms with Gasteiger partial charge in [0.2, 0.25) is 0 Å². The van der Waals surface area contributed by atoms with E-state index in [2.05, 4.69) is 6.92 Å². The van der Waals surface area contributed by atoms with Crippen molar-refractivity contribution in [1.29, 1.82) is 0 Å². The number of aliphatic hydroxyl groups is 10. The van der Waals surface area contributed by atoms with E-state index in [9.17, 15) is 55.9 Å². The molecule has 0 spiro atoms. The van der Waals surface area contributed by atoms with Crippen molar-refractivity contribution in [2.24, 2.45) is 0 Å². The van der Waals surface area contributed by atoms with Crippen LogP contribution in [0.25, 0.3) is 0 Å². The second-order valence-electron chi connectivity index (χ2n) is 13.5. The smallest absolute Gasteiger partial charge is 0.187 e. The average Bonchev–Trinajstić information content (AvgIpc) is 3.12. The molecule has 16 nitrogen and oxygen atoms in total. The summed E-state index contributed by atoms with van der Waals surface area (Å²) in [6.07, 6.45) is -6.56. The summed E-state index contributed by atoms with van der Waals surface area (Å²) in [5, 5.41) is 101. The highest BCUT2D eigenvalue weighted by atomic mass is 16.7. The number of hydrogen-bond donors (Lipinski definition) is 10. The Morgan fingerprint density at radius 1 is 0.600 bits per heavy atom. The molecule has 296 valence electrons. The maximum Gasteiger partial charge on any atom is 0.187 e. The number of ether oxygens (including phenoxy) is 5. The van der Waals surface area contributed by atoms with E-state index in [0.29, 0.717) is 6.42 Å². The van der Waals surface area contributed by atoms with Gasteiger partial charge in [0.1, 0.15) is 73.2 Å². The predicted octanol–water partition coefficient (Wildman–Crippen LogP) is -1.22. The summed E-state index contributed by atoms with van der Waals surface area (Å²) >= 11 is 0. The minimum absolute atomic E-state index is 0.00928. The molecule has 0 aromatic heterocycles. The highest BCUT2D eigenvalue weighted by molar-refractivity contribution is 5.56. The molecule has 0 bridgehead atoms. The van der Waals surface area contributed by atoms with Crippen molar-refractivity contribution >= 4 is 6.29 Å². The number of aldehydes is 1. The molecular formula is C34H64O16. The first-order valence-corrected chi connectivity index (χ1v) is 18.3. The Hall–Kier alpha value is -0.930. The fourth-order valence-electron chi connectivity index (χ4n) is 6.07. The van der Waals surface area contributed by atoms with Gasteiger partial charge in [-0.3, -0.25) is 0 Å². The van der Waals surface area contributed by atoms with Gasteiger partial charge in [-0.05, 0) is 6.42 Å². The van der Waals surface area contributed by atoms with Gasteiger partial charge < -0.3 is 79.5 Å². The van der Waals surface area contributed by atoms with Crippen LogP contribution in [0.2, 0.25) is 0 Å². The lowest BCUT2D eigenvalue weighted by Crippen LogP contribution is -2.62. The number of hydrogen-bond acceptors (Lipinski definition) is 16. The van der Waals surface area contributed by atoms with Crippen molar-refractivity contribution in [3.63, 3.8) is 0 Å². The Kier molecular flexibility index (Phi) is 22.8. The highest BCUT2D eigenvalue weighted by Crippen LogP contribution is 2.28. The summed E-state index contributed by atoms with van der Waals surface area (Å²) in [5.74, 6) is 0. The molecule has 0 amide bonds. The van der Waals surface area contributed by atoms with E-state index in [-0.39, 0.29) is 12.9 Å². The molecule has 0 unspecified atom stereocenters. The van der Waals surface area contributed by atoms with Gasteiger partial charge in [0.25, 0.3) is 0 Å². The number of rotatable bonds is 27. The molecule has 10 N–H and O–H groups in total. The maximum absolute atomic E-state index is 11.0. The summed E-state index contributed by atoms with van der Waals surface area (Å²) in [5.41, 5.74) is 0. The third-order valence-electron chi connectivity index (χ3n) is 9.39. The number of carbonyl (C=O) groups excluding carboxylic acids is 1. The van der Waals surface area contributed by atoms with Crippen molar-refractivity contribution in [2.75, 3.05) is 26.4 Å². The van der Waals surface area contributed by atoms with Crippen LogP contribution in [0.15, 0.2) is 0 Å². The lowest BCUT2D eigenvalue weighted by atomic mass is 9.98. The summed E-state index contributed by atoms with van der Waals surface area (Å²) in [7, 11) is 0. The van der Waals surface area contributed by atoms with Crippen molar-refractivity contribution in [3.8, 4) is 0 Å². The number of unbranched alkanes of at least 4 members (excludes halogenated alkanes) is 13. The molecule has 0 aromatic rings. The van der Waals surface area contributed by atoms with Crippen LogP contribution < -0.4 is 0 Å². The fraction of sp³-hybridized carbons (Fsp3) is 0.971. The lowest BCUT2D eigenvalue weighted by molar-refractivity contribution is -0.337. The van der Waals surface area contributed by atoms with E-state index in [1.807, 2.05) is 0 Å². The molecule has 0 aromatic carbocycles. The standard InChI is InChI=1S/C34H64O16/c1-2-3-4-5-6-7-8-9-10-11-12-13-14-15-16-46-32-30(44)28(42)24(20-48-33-31(45)29(43)27(41)23(18-36)49-33)50-34(32)47-19-22(38)26(40)25(39)21(37)17-35/h17,21-34,36-45H,2-16,18-20H2,1H3/t21-,22+,23+,24+,25+,26+,27+,28+,29-,30-,31+,32+,33-,34-/m0/s1. The minimum atomic E-state index is -2.02. The van der Waals surface area contributed by atoms with Crippen LogP contribution >= 0.6 is 0 Å². The Balaban J connectivity index is 1.88. The van der Waals surface area contributed by atoms with Gasteiger partial charge in [0.05, 0.1) is 19.8 Å². The van der Waals surface area contributed by atoms with Crippen LogP contribution in [0.4, 0.5) is 0 Å². The van der Waals surface area contributed by atoms with Crippen molar-refractivity contribution in [1.82, 2.24) is 0 Å². The fourth-order valence-corrected chi connectivity index (χ4v) is 6.07. The molecule has 0 saturated carbocycles. The maximum atomic E-state index is 11.0. The van der Waals surface area contributed by atoms with Crippen LogP contribution in [0.1, 0.15) is 96.8 Å². The number of aliphatic hydroxyl groups excluding tert-OH is 10. The van der Waals surface area contributed by atoms with Crippen molar-refractivity contribution < 1.29 is 79.5 Å². The third-order valence-corrected chi connectivity index (χ3v) is 9.39. The second kappa shape index (κ2) is 25.2. The first kappa shape index (κ1) is 45.2. The molecule has 0 radical (unpaired) electrons. The van der Waals surface area contributed by atoms with Crippen LogP contribution in [0, 0.1) is 0 Å². The quantitative estimate of drug-likeness (QED) is 0.0351. The molecule has 2 rings (SSSR count). The summed E-state index contributed by atoms with van der Waals surface area (Å²) < 4.78 is 28.0. The normalized spacial score (nSPS) is 32.8. The van der Waals surface area contributed by atoms with Crippen LogP contribution in [0.5, 0.6) is 0 Å². The predicted molar refractivity (Wildman–Crippen MR) is 176 cm³/mol. The van der Waals surface area contributed by atoms with E-state index < -0.39 is 106 Å². The zero-order valence-electron chi connectivity index (χ0n) is 29.3. The van der Waals surface area contributed by atoms with Crippen LogP contribution in [-0.2, 0) is 28.5 Å². The Bertz CT molecular complexity index is 869. The minimum Gasteiger partial charge on any atom is -0.394 e. The first-order valence-electron chi connectivity index (χ1n) is 18.3. The molecule has 16 heteroatoms. The van der Waals surface area contributed by atoms with Crippen LogP contribution in [0.3, 0.4) is 0 Å². The largest absolute Gasteiger partial charge is 0.394 e. The van der Waals surface area contributed by atoms with Crippen LogP contribution in [-0.4, -0.2) is 170 Å². The summed E-state index contributed by atoms with van der Waals surface area (Å²) in [6, 6.07) is 0. The van der Waals surface area contributed by atoms with Gasteiger partial charge in [-0.2, -0.15) is 0 Å². The van der Waals surface area contributed by atoms with E-state index in [4.69, 9.17) is 23.7 Å². The molecule has 14 atom stereocenters. The van der Waals surface area contributed by atoms with E-state index >= 15 is 0 Å². The summed E-state index contributed by atoms with van der Waals surface area (Å²) in [6.45, 7) is 0.460. The van der Waals surface area contributed by atoms with Gasteiger partial charge in [0, 0.05) is 6.61 Å². The second-order valence-corrected chi connectivity index (χ2v) is 13.5. The van der Waals surface area contributed by atoms with Gasteiger partial charge in [-0.15, -0.1) is 0 Å². The molecule has 50 heavy (non-hydrogen) atoms. The van der Waals surface area contributed by atoms with Crippen molar-refractivity contribution in [3.05, 3.63) is 0 Å². The van der Waals surface area contributed by atoms with E-state index in [1.54, 1.807) is 0 Å². The Morgan fingerprint density at radius 2 is 1.12 bits per heavy atom. The molecule has 2 heterocycles. The van der Waals surface area contributed by atoms with Gasteiger partial charge in [-0.25, -0.2) is 0 Å². The molecule has 0 aliphatic carbocycles. The summed E-state index contributed by atoms with van der Waals surface area (Å²) in [4.78, 5) is 10.8. The Labute approximate surface area is 294 Å². The zero-order valence-corrected chi connectivity index (χ0v) is 29.3. The van der Waals surface area contributed by atoms with Crippen molar-refractivity contribution in [2.45, 2.75) is 183 Å². The highest BCUT2D eigenvalue weighted by Gasteiger charge is 2.48. The third kappa shape index (κ3) is 14.8. The van der Waals surface area contributed by atoms with Gasteiger partial charge >= 0.3 is 0 Å². The zero-order chi connectivity index (χ0) is 37.1.